The maximum atomic E-state index is 9.94. The highest BCUT2D eigenvalue weighted by Crippen LogP contribution is 2.01. The van der Waals surface area contributed by atoms with Crippen LogP contribution in [0, 0.1) is 15.5 Å². The zero-order valence-electron chi connectivity index (χ0n) is 4.80. The molecule has 0 unspecified atom stereocenters. The Morgan fingerprint density at radius 3 is 2.00 bits per heavy atom. The molecule has 56 valence electrons. The Bertz CT molecular complexity index is 191. The summed E-state index contributed by atoms with van der Waals surface area (Å²) in [6.07, 6.45) is 0. The smallest absolute Gasteiger partial charge is 0.344 e. The molecule has 6 nitrogen and oxygen atoms in total. The van der Waals surface area contributed by atoms with E-state index >= 15 is 0 Å². The predicted octanol–water partition coefficient (Wildman–Crippen LogP) is -0.434. The highest BCUT2D eigenvalue weighted by atomic mass is 35.5. The number of allylic oxidation sites excluding steroid dienone is 1. The second-order valence-corrected chi connectivity index (χ2v) is 1.75. The van der Waals surface area contributed by atoms with Gasteiger partial charge in [0.1, 0.15) is 0 Å². The van der Waals surface area contributed by atoms with E-state index in [-0.39, 0.29) is 0 Å². The largest absolute Gasteiger partial charge is 0.380 e. The fourth-order valence-corrected chi connectivity index (χ4v) is 0.490. The molecular formula is C3H5ClN4O2. The fourth-order valence-electron chi connectivity index (χ4n) is 0.312. The van der Waals surface area contributed by atoms with Crippen LogP contribution in [0.3, 0.4) is 0 Å². The molecule has 0 fully saturated rings. The van der Waals surface area contributed by atoms with Crippen molar-refractivity contribution in [2.24, 2.45) is 11.5 Å². The third-order valence-electron chi connectivity index (χ3n) is 0.664. The van der Waals surface area contributed by atoms with Gasteiger partial charge in [-0.1, -0.05) is 11.6 Å². The van der Waals surface area contributed by atoms with Crippen LogP contribution >= 0.6 is 11.6 Å². The molecule has 0 saturated heterocycles. The van der Waals surface area contributed by atoms with Gasteiger partial charge in [0, 0.05) is 0 Å². The highest BCUT2D eigenvalue weighted by Gasteiger charge is 2.18. The first-order valence-corrected chi connectivity index (χ1v) is 2.48. The second-order valence-electron chi connectivity index (χ2n) is 1.38. The summed E-state index contributed by atoms with van der Waals surface area (Å²) in [6.45, 7) is 0. The predicted molar refractivity (Wildman–Crippen MR) is 36.0 cm³/mol. The molecule has 0 amide bonds. The quantitative estimate of drug-likeness (QED) is 0.291. The van der Waals surface area contributed by atoms with Crippen molar-refractivity contribution in [2.45, 2.75) is 0 Å². The molecular weight excluding hydrogens is 160 g/mol. The molecule has 0 spiro atoms. The van der Waals surface area contributed by atoms with Crippen LogP contribution in [0.4, 0.5) is 0 Å². The summed E-state index contributed by atoms with van der Waals surface area (Å²) in [7, 11) is 0. The monoisotopic (exact) mass is 164 g/mol. The van der Waals surface area contributed by atoms with Crippen molar-refractivity contribution >= 4 is 16.8 Å². The second kappa shape index (κ2) is 3.02. The number of halogens is 1. The minimum absolute atomic E-state index is 0.565. The van der Waals surface area contributed by atoms with Crippen LogP contribution in [0.25, 0.3) is 0 Å². The Kier molecular flexibility index (Phi) is 2.63. The first-order chi connectivity index (χ1) is 4.46. The van der Waals surface area contributed by atoms with Gasteiger partial charge in [0.25, 0.3) is 0 Å². The van der Waals surface area contributed by atoms with Crippen LogP contribution in [0.2, 0.25) is 0 Å². The Morgan fingerprint density at radius 1 is 1.60 bits per heavy atom. The maximum absolute atomic E-state index is 9.94. The fraction of sp³-hybridized carbons (Fsp3) is 0. The van der Waals surface area contributed by atoms with Crippen LogP contribution in [-0.2, 0) is 0 Å². The third-order valence-corrected chi connectivity index (χ3v) is 0.843. The van der Waals surface area contributed by atoms with Gasteiger partial charge in [-0.05, 0) is 0 Å². The summed E-state index contributed by atoms with van der Waals surface area (Å²) in [5.41, 5.74) is 8.90. The lowest BCUT2D eigenvalue weighted by atomic mass is 10.5. The minimum atomic E-state index is -0.912. The molecule has 0 aliphatic heterocycles. The molecule has 0 radical (unpaired) electrons. The first-order valence-electron chi connectivity index (χ1n) is 2.11. The molecule has 0 bridgehead atoms. The van der Waals surface area contributed by atoms with Gasteiger partial charge in [-0.25, -0.2) is 0 Å². The minimum Gasteiger partial charge on any atom is -0.380 e. The zero-order chi connectivity index (χ0) is 8.31. The van der Waals surface area contributed by atoms with E-state index in [2.05, 4.69) is 0 Å². The molecule has 10 heavy (non-hydrogen) atoms. The van der Waals surface area contributed by atoms with Gasteiger partial charge in [-0.2, -0.15) is 0 Å². The van der Waals surface area contributed by atoms with Crippen molar-refractivity contribution in [1.82, 2.24) is 0 Å². The Balaban J connectivity index is 4.79. The van der Waals surface area contributed by atoms with Gasteiger partial charge in [0.15, 0.2) is 5.82 Å². The SMILES string of the molecule is N=C(Cl)C(=C(N)N)[N+](=O)[O-]. The summed E-state index contributed by atoms with van der Waals surface area (Å²) in [6, 6.07) is 0. The lowest BCUT2D eigenvalue weighted by Gasteiger charge is -1.93. The van der Waals surface area contributed by atoms with E-state index in [0.29, 0.717) is 0 Å². The topological polar surface area (TPSA) is 119 Å². The van der Waals surface area contributed by atoms with Crippen molar-refractivity contribution < 1.29 is 4.92 Å². The molecule has 7 heteroatoms. The summed E-state index contributed by atoms with van der Waals surface area (Å²) >= 11 is 4.96. The molecule has 0 atom stereocenters. The number of nitrogens with two attached hydrogens (primary N) is 2. The number of rotatable bonds is 2. The number of nitro groups is 1. The van der Waals surface area contributed by atoms with Gasteiger partial charge in [0.2, 0.25) is 5.17 Å². The van der Waals surface area contributed by atoms with Crippen molar-refractivity contribution in [3.63, 3.8) is 0 Å². The van der Waals surface area contributed by atoms with Gasteiger partial charge < -0.3 is 11.5 Å². The molecule has 0 aromatic heterocycles. The molecule has 5 N–H and O–H groups in total. The lowest BCUT2D eigenvalue weighted by molar-refractivity contribution is -0.416. The van der Waals surface area contributed by atoms with E-state index in [1.54, 1.807) is 0 Å². The van der Waals surface area contributed by atoms with E-state index < -0.39 is 21.6 Å². The first kappa shape index (κ1) is 8.70. The summed E-state index contributed by atoms with van der Waals surface area (Å²) < 4.78 is 0. The van der Waals surface area contributed by atoms with E-state index in [1.165, 1.54) is 0 Å². The Morgan fingerprint density at radius 2 is 2.00 bits per heavy atom. The van der Waals surface area contributed by atoms with Crippen molar-refractivity contribution in [1.29, 1.82) is 5.41 Å². The number of hydrogen-bond acceptors (Lipinski definition) is 5. The van der Waals surface area contributed by atoms with Crippen LogP contribution in [-0.4, -0.2) is 10.1 Å². The van der Waals surface area contributed by atoms with Crippen LogP contribution in [0.5, 0.6) is 0 Å². The maximum Gasteiger partial charge on any atom is 0.344 e. The van der Waals surface area contributed by atoms with Crippen LogP contribution < -0.4 is 11.5 Å². The number of nitrogens with zero attached hydrogens (tertiary/aromatic N) is 1. The lowest BCUT2D eigenvalue weighted by Crippen LogP contribution is -2.19. The number of hydrogen-bond donors (Lipinski definition) is 3. The van der Waals surface area contributed by atoms with Crippen molar-refractivity contribution in [3.05, 3.63) is 21.6 Å². The van der Waals surface area contributed by atoms with E-state index in [0.717, 1.165) is 0 Å². The molecule has 0 aromatic carbocycles. The average molecular weight is 165 g/mol. The molecule has 0 heterocycles. The standard InChI is InChI=1S/C3H5ClN4O2/c4-2(5)1(3(6)7)8(9)10/h5H,6-7H2. The summed E-state index contributed by atoms with van der Waals surface area (Å²) in [4.78, 5) is 9.03. The van der Waals surface area contributed by atoms with Gasteiger partial charge in [-0.3, -0.25) is 15.5 Å². The molecule has 0 saturated carbocycles. The van der Waals surface area contributed by atoms with Gasteiger partial charge >= 0.3 is 5.70 Å². The van der Waals surface area contributed by atoms with Crippen molar-refractivity contribution in [3.8, 4) is 0 Å². The average Bonchev–Trinajstić information content (AvgIpc) is 1.59. The number of nitrogens with one attached hydrogen (secondary N) is 1. The summed E-state index contributed by atoms with van der Waals surface area (Å²) in [5, 5.41) is 15.8. The molecule has 0 aliphatic rings. The van der Waals surface area contributed by atoms with Crippen LogP contribution in [0.15, 0.2) is 11.5 Å². The van der Waals surface area contributed by atoms with E-state index in [1.807, 2.05) is 0 Å². The molecule has 0 rings (SSSR count). The van der Waals surface area contributed by atoms with Crippen LogP contribution in [0.1, 0.15) is 0 Å². The molecule has 0 aliphatic carbocycles. The van der Waals surface area contributed by atoms with E-state index in [9.17, 15) is 10.1 Å². The summed E-state index contributed by atoms with van der Waals surface area (Å²) in [5.74, 6) is -0.565. The Hall–Kier alpha value is -1.30. The zero-order valence-corrected chi connectivity index (χ0v) is 5.55. The third kappa shape index (κ3) is 1.90. The van der Waals surface area contributed by atoms with Gasteiger partial charge in [0.05, 0.1) is 4.92 Å². The molecule has 0 aromatic rings. The highest BCUT2D eigenvalue weighted by molar-refractivity contribution is 6.68. The Labute approximate surface area is 61.1 Å². The van der Waals surface area contributed by atoms with Crippen molar-refractivity contribution in [2.75, 3.05) is 0 Å². The van der Waals surface area contributed by atoms with Gasteiger partial charge in [-0.15, -0.1) is 0 Å². The van der Waals surface area contributed by atoms with E-state index in [4.69, 9.17) is 28.5 Å². The normalized spacial score (nSPS) is 8.50.